The highest BCUT2D eigenvalue weighted by Gasteiger charge is 2.36. The summed E-state index contributed by atoms with van der Waals surface area (Å²) in [5, 5.41) is 16.4. The van der Waals surface area contributed by atoms with Crippen LogP contribution < -0.4 is 10.1 Å². The van der Waals surface area contributed by atoms with Crippen molar-refractivity contribution >= 4 is 17.7 Å². The highest BCUT2D eigenvalue weighted by molar-refractivity contribution is 7.99. The number of rotatable bonds is 6. The average molecular weight is 427 g/mol. The van der Waals surface area contributed by atoms with Crippen LogP contribution in [0.15, 0.2) is 41.9 Å². The van der Waals surface area contributed by atoms with Crippen LogP contribution in [0.25, 0.3) is 5.69 Å². The first kappa shape index (κ1) is 20.5. The van der Waals surface area contributed by atoms with Crippen molar-refractivity contribution in [3.8, 4) is 11.4 Å². The Labute approximate surface area is 180 Å². The normalized spacial score (nSPS) is 17.4. The van der Waals surface area contributed by atoms with Crippen molar-refractivity contribution < 1.29 is 9.53 Å². The summed E-state index contributed by atoms with van der Waals surface area (Å²) in [4.78, 5) is 12.7. The van der Waals surface area contributed by atoms with E-state index in [0.717, 1.165) is 40.7 Å². The molecule has 1 unspecified atom stereocenters. The summed E-state index contributed by atoms with van der Waals surface area (Å²) in [6, 6.07) is 7.79. The maximum Gasteiger partial charge on any atom is 0.230 e. The number of carbonyl (C=O) groups excluding carboxylic acids is 1. The van der Waals surface area contributed by atoms with Crippen LogP contribution in [0.1, 0.15) is 37.6 Å². The fourth-order valence-corrected chi connectivity index (χ4v) is 4.59. The van der Waals surface area contributed by atoms with Crippen LogP contribution in [0.4, 0.5) is 0 Å². The maximum atomic E-state index is 12.7. The number of carbonyl (C=O) groups is 1. The van der Waals surface area contributed by atoms with Crippen LogP contribution in [0.5, 0.6) is 5.75 Å². The monoisotopic (exact) mass is 426 g/mol. The molecule has 158 valence electrons. The van der Waals surface area contributed by atoms with Gasteiger partial charge in [0.25, 0.3) is 0 Å². The molecule has 2 heterocycles. The van der Waals surface area contributed by atoms with Crippen molar-refractivity contribution in [1.82, 2.24) is 29.9 Å². The van der Waals surface area contributed by atoms with E-state index in [4.69, 9.17) is 4.74 Å². The van der Waals surface area contributed by atoms with Gasteiger partial charge in [-0.05, 0) is 42.5 Å². The highest BCUT2D eigenvalue weighted by atomic mass is 32.2. The molecule has 4 rings (SSSR count). The van der Waals surface area contributed by atoms with Gasteiger partial charge >= 0.3 is 0 Å². The predicted molar refractivity (Wildman–Crippen MR) is 115 cm³/mol. The Morgan fingerprint density at radius 2 is 2.10 bits per heavy atom. The summed E-state index contributed by atoms with van der Waals surface area (Å²) in [6.45, 7) is 4.46. The van der Waals surface area contributed by atoms with E-state index in [0.29, 0.717) is 5.75 Å². The molecule has 0 bridgehead atoms. The number of aryl methyl sites for hydroxylation is 1. The summed E-state index contributed by atoms with van der Waals surface area (Å²) >= 11 is 1.38. The molecular formula is C21H26N6O2S. The van der Waals surface area contributed by atoms with Crippen molar-refractivity contribution in [1.29, 1.82) is 0 Å². The summed E-state index contributed by atoms with van der Waals surface area (Å²) in [6.07, 6.45) is 5.28. The molecular weight excluding hydrogens is 400 g/mol. The van der Waals surface area contributed by atoms with Crippen molar-refractivity contribution in [2.75, 3.05) is 12.9 Å². The standard InChI is InChI=1S/C21H26N6O2S/c1-21(2)9-17(24-19(28)12-30-20-25-22-13-26(20)3)16-11-23-27(18(16)10-21)14-5-7-15(29-4)8-6-14/h5-8,11,13,17H,9-10,12H2,1-4H3,(H,24,28). The van der Waals surface area contributed by atoms with Gasteiger partial charge in [0.1, 0.15) is 12.1 Å². The number of nitrogens with one attached hydrogen (secondary N) is 1. The van der Waals surface area contributed by atoms with Crippen molar-refractivity contribution in [3.05, 3.63) is 48.0 Å². The van der Waals surface area contributed by atoms with Crippen LogP contribution in [-0.2, 0) is 18.3 Å². The largest absolute Gasteiger partial charge is 0.497 e. The molecule has 2 aromatic heterocycles. The van der Waals surface area contributed by atoms with Gasteiger partial charge in [0, 0.05) is 12.6 Å². The SMILES string of the molecule is COc1ccc(-n2ncc3c2CC(C)(C)CC3NC(=O)CSc2nncn2C)cc1. The number of hydrogen-bond acceptors (Lipinski definition) is 6. The molecule has 1 aliphatic carbocycles. The minimum absolute atomic E-state index is 0.0196. The summed E-state index contributed by atoms with van der Waals surface area (Å²) < 4.78 is 9.04. The quantitative estimate of drug-likeness (QED) is 0.610. The van der Waals surface area contributed by atoms with E-state index in [1.54, 1.807) is 18.0 Å². The second-order valence-electron chi connectivity index (χ2n) is 8.33. The molecule has 0 aliphatic heterocycles. The molecule has 9 heteroatoms. The van der Waals surface area contributed by atoms with Crippen LogP contribution >= 0.6 is 11.8 Å². The lowest BCUT2D eigenvalue weighted by Crippen LogP contribution is -2.37. The number of thioether (sulfide) groups is 1. The first-order valence-electron chi connectivity index (χ1n) is 9.84. The number of ether oxygens (including phenoxy) is 1. The van der Waals surface area contributed by atoms with E-state index in [1.165, 1.54) is 11.8 Å². The maximum absolute atomic E-state index is 12.7. The number of benzene rings is 1. The molecule has 1 atom stereocenters. The Bertz CT molecular complexity index is 1040. The molecule has 0 spiro atoms. The van der Waals surface area contributed by atoms with Gasteiger partial charge in [0.05, 0.1) is 36.5 Å². The molecule has 30 heavy (non-hydrogen) atoms. The third-order valence-electron chi connectivity index (χ3n) is 5.33. The molecule has 0 fully saturated rings. The number of methoxy groups -OCH3 is 1. The van der Waals surface area contributed by atoms with Gasteiger partial charge in [-0.2, -0.15) is 5.10 Å². The highest BCUT2D eigenvalue weighted by Crippen LogP contribution is 2.41. The smallest absolute Gasteiger partial charge is 0.230 e. The lowest BCUT2D eigenvalue weighted by molar-refractivity contribution is -0.119. The van der Waals surface area contributed by atoms with E-state index >= 15 is 0 Å². The molecule has 1 N–H and O–H groups in total. The van der Waals surface area contributed by atoms with Crippen LogP contribution in [0.3, 0.4) is 0 Å². The Morgan fingerprint density at radius 1 is 1.33 bits per heavy atom. The van der Waals surface area contributed by atoms with Gasteiger partial charge in [0.2, 0.25) is 5.91 Å². The van der Waals surface area contributed by atoms with E-state index in [2.05, 4.69) is 34.5 Å². The fourth-order valence-electron chi connectivity index (χ4n) is 3.89. The van der Waals surface area contributed by atoms with Gasteiger partial charge in [-0.1, -0.05) is 25.6 Å². The minimum Gasteiger partial charge on any atom is -0.497 e. The summed E-state index contributed by atoms with van der Waals surface area (Å²) in [7, 11) is 3.52. The second kappa shape index (κ2) is 8.14. The number of nitrogens with zero attached hydrogens (tertiary/aromatic N) is 5. The zero-order valence-corrected chi connectivity index (χ0v) is 18.4. The van der Waals surface area contributed by atoms with Crippen molar-refractivity contribution in [2.45, 2.75) is 37.9 Å². The molecule has 0 radical (unpaired) electrons. The van der Waals surface area contributed by atoms with Gasteiger partial charge in [-0.25, -0.2) is 4.68 Å². The lowest BCUT2D eigenvalue weighted by atomic mass is 9.74. The van der Waals surface area contributed by atoms with E-state index in [9.17, 15) is 4.79 Å². The van der Waals surface area contributed by atoms with Gasteiger partial charge in [-0.15, -0.1) is 10.2 Å². The fraction of sp³-hybridized carbons (Fsp3) is 0.429. The number of fused-ring (bicyclic) bond motifs is 1. The molecule has 1 aliphatic rings. The second-order valence-corrected chi connectivity index (χ2v) is 9.28. The zero-order valence-electron chi connectivity index (χ0n) is 17.6. The van der Waals surface area contributed by atoms with E-state index in [1.807, 2.05) is 42.2 Å². The molecule has 1 amide bonds. The number of amides is 1. The van der Waals surface area contributed by atoms with Crippen molar-refractivity contribution in [3.63, 3.8) is 0 Å². The topological polar surface area (TPSA) is 86.9 Å². The van der Waals surface area contributed by atoms with Gasteiger partial charge < -0.3 is 14.6 Å². The first-order valence-corrected chi connectivity index (χ1v) is 10.8. The Hall–Kier alpha value is -2.81. The van der Waals surface area contributed by atoms with E-state index in [-0.39, 0.29) is 17.4 Å². The predicted octanol–water partition coefficient (Wildman–Crippen LogP) is 2.93. The Kier molecular flexibility index (Phi) is 5.55. The number of aromatic nitrogens is 5. The summed E-state index contributed by atoms with van der Waals surface area (Å²) in [5.74, 6) is 1.09. The summed E-state index contributed by atoms with van der Waals surface area (Å²) in [5.41, 5.74) is 3.26. The van der Waals surface area contributed by atoms with Crippen LogP contribution in [0, 0.1) is 5.41 Å². The molecule has 8 nitrogen and oxygen atoms in total. The Morgan fingerprint density at radius 3 is 2.77 bits per heavy atom. The van der Waals surface area contributed by atoms with Crippen LogP contribution in [-0.4, -0.2) is 43.3 Å². The van der Waals surface area contributed by atoms with E-state index < -0.39 is 0 Å². The third kappa shape index (κ3) is 4.21. The molecule has 1 aromatic carbocycles. The molecule has 3 aromatic rings. The van der Waals surface area contributed by atoms with Crippen LogP contribution in [0.2, 0.25) is 0 Å². The number of hydrogen-bond donors (Lipinski definition) is 1. The lowest BCUT2D eigenvalue weighted by Gasteiger charge is -2.36. The van der Waals surface area contributed by atoms with Crippen molar-refractivity contribution in [2.24, 2.45) is 12.5 Å². The first-order chi connectivity index (χ1) is 14.4. The third-order valence-corrected chi connectivity index (χ3v) is 6.37. The van der Waals surface area contributed by atoms with Gasteiger partial charge in [0.15, 0.2) is 5.16 Å². The molecule has 0 saturated heterocycles. The average Bonchev–Trinajstić information content (AvgIpc) is 3.31. The minimum atomic E-state index is -0.0663. The Balaban J connectivity index is 1.53. The zero-order chi connectivity index (χ0) is 21.3. The molecule has 0 saturated carbocycles. The van der Waals surface area contributed by atoms with Gasteiger partial charge in [-0.3, -0.25) is 4.79 Å².